The summed E-state index contributed by atoms with van der Waals surface area (Å²) in [5.41, 5.74) is 0. The van der Waals surface area contributed by atoms with E-state index in [1.165, 1.54) is 70.6 Å². The molecule has 0 rings (SSSR count). The molecule has 0 heterocycles. The third-order valence-corrected chi connectivity index (χ3v) is 10.5. The van der Waals surface area contributed by atoms with Gasteiger partial charge in [0.05, 0.1) is 25.2 Å². The van der Waals surface area contributed by atoms with Gasteiger partial charge in [-0.2, -0.15) is 0 Å². The van der Waals surface area contributed by atoms with E-state index in [1.807, 2.05) is 60.8 Å². The number of ether oxygens (including phenoxy) is 1. The molecule has 0 bridgehead atoms. The molecule has 346 valence electrons. The molecule has 0 radical (unpaired) electrons. The molecule has 3 unspecified atom stereocenters. The van der Waals surface area contributed by atoms with Crippen molar-refractivity contribution >= 4 is 11.9 Å². The summed E-state index contributed by atoms with van der Waals surface area (Å²) in [6, 6.07) is -0.736. The number of aliphatic hydroxyl groups excluding tert-OH is 2. The molecule has 61 heavy (non-hydrogen) atoms. The van der Waals surface area contributed by atoms with Gasteiger partial charge in [0.1, 0.15) is 6.10 Å². The first kappa shape index (κ1) is 57.5. The Bertz CT molecular complexity index is 1270. The highest BCUT2D eigenvalue weighted by Crippen LogP contribution is 2.16. The number of carbonyl (C=O) groups is 2. The molecule has 0 aliphatic rings. The number of hydrogen-bond acceptors (Lipinski definition) is 5. The zero-order valence-corrected chi connectivity index (χ0v) is 39.2. The average Bonchev–Trinajstić information content (AvgIpc) is 3.25. The molecule has 0 aliphatic carbocycles. The molecule has 0 aromatic carbocycles. The molecule has 0 aromatic heterocycles. The molecular weight excluding hydrogens is 755 g/mol. The van der Waals surface area contributed by atoms with Crippen molar-refractivity contribution in [2.45, 2.75) is 219 Å². The van der Waals surface area contributed by atoms with E-state index in [9.17, 15) is 19.8 Å². The van der Waals surface area contributed by atoms with Crippen LogP contribution in [0.5, 0.6) is 0 Å². The van der Waals surface area contributed by atoms with Crippen molar-refractivity contribution in [1.29, 1.82) is 0 Å². The molecule has 0 fully saturated rings. The third kappa shape index (κ3) is 43.0. The summed E-state index contributed by atoms with van der Waals surface area (Å²) in [7, 11) is 0. The van der Waals surface area contributed by atoms with Crippen LogP contribution in [0, 0.1) is 0 Å². The summed E-state index contributed by atoms with van der Waals surface area (Å²) >= 11 is 0. The SMILES string of the molecule is CC\C=C/C=C/C=C/C=C\C=C\C=C\CCCC(CC(=O)NC(CO)C(O)CCCCCCCCCCCC)OC(=O)CCCCCC/C=C\C/C=C\C/C=C\CCCCC. The summed E-state index contributed by atoms with van der Waals surface area (Å²) in [6.45, 7) is 6.25. The maximum Gasteiger partial charge on any atom is 0.306 e. The molecule has 0 aromatic rings. The Morgan fingerprint density at radius 2 is 0.967 bits per heavy atom. The molecule has 6 heteroatoms. The maximum atomic E-state index is 13.2. The molecule has 0 spiro atoms. The summed E-state index contributed by atoms with van der Waals surface area (Å²) in [4.78, 5) is 26.1. The lowest BCUT2D eigenvalue weighted by Gasteiger charge is -2.24. The second-order valence-corrected chi connectivity index (χ2v) is 16.3. The van der Waals surface area contributed by atoms with Crippen LogP contribution in [0.3, 0.4) is 0 Å². The Morgan fingerprint density at radius 3 is 1.54 bits per heavy atom. The number of hydrogen-bond donors (Lipinski definition) is 3. The minimum absolute atomic E-state index is 0.0104. The van der Waals surface area contributed by atoms with E-state index in [0.29, 0.717) is 19.3 Å². The second-order valence-electron chi connectivity index (χ2n) is 16.3. The van der Waals surface area contributed by atoms with Crippen LogP contribution < -0.4 is 5.32 Å². The van der Waals surface area contributed by atoms with Gasteiger partial charge in [0.15, 0.2) is 0 Å². The Kier molecular flexibility index (Phi) is 44.9. The monoisotopic (exact) mass is 846 g/mol. The number of allylic oxidation sites excluding steroid dienone is 18. The minimum Gasteiger partial charge on any atom is -0.462 e. The van der Waals surface area contributed by atoms with Crippen LogP contribution in [0.1, 0.15) is 201 Å². The summed E-state index contributed by atoms with van der Waals surface area (Å²) in [5.74, 6) is -0.586. The predicted molar refractivity (Wildman–Crippen MR) is 263 cm³/mol. The zero-order valence-electron chi connectivity index (χ0n) is 39.2. The highest BCUT2D eigenvalue weighted by atomic mass is 16.5. The average molecular weight is 846 g/mol. The van der Waals surface area contributed by atoms with Crippen molar-refractivity contribution in [1.82, 2.24) is 5.32 Å². The molecular formula is C55H91NO5. The fraction of sp³-hybridized carbons (Fsp3) is 0.636. The number of esters is 1. The number of unbranched alkanes of at least 4 members (excludes halogenated alkanes) is 17. The Labute approximate surface area is 375 Å². The molecule has 1 amide bonds. The van der Waals surface area contributed by atoms with E-state index in [4.69, 9.17) is 4.74 Å². The van der Waals surface area contributed by atoms with Crippen molar-refractivity contribution < 1.29 is 24.5 Å². The van der Waals surface area contributed by atoms with Crippen molar-refractivity contribution in [3.63, 3.8) is 0 Å². The molecule has 0 saturated heterocycles. The van der Waals surface area contributed by atoms with Gasteiger partial charge in [0, 0.05) is 6.42 Å². The normalized spacial score (nSPS) is 14.2. The third-order valence-electron chi connectivity index (χ3n) is 10.5. The first-order valence-electron chi connectivity index (χ1n) is 24.7. The Balaban J connectivity index is 4.80. The minimum atomic E-state index is -0.817. The number of rotatable bonds is 42. The van der Waals surface area contributed by atoms with E-state index < -0.39 is 18.2 Å². The lowest BCUT2D eigenvalue weighted by Crippen LogP contribution is -2.46. The van der Waals surface area contributed by atoms with Gasteiger partial charge in [0.2, 0.25) is 5.91 Å². The summed E-state index contributed by atoms with van der Waals surface area (Å²) < 4.78 is 5.88. The van der Waals surface area contributed by atoms with Crippen LogP contribution in [0.25, 0.3) is 0 Å². The molecule has 0 saturated carbocycles. The van der Waals surface area contributed by atoms with Crippen molar-refractivity contribution in [3.05, 3.63) is 109 Å². The van der Waals surface area contributed by atoms with Crippen LogP contribution in [0.2, 0.25) is 0 Å². The predicted octanol–water partition coefficient (Wildman–Crippen LogP) is 14.7. The first-order valence-corrected chi connectivity index (χ1v) is 24.7. The number of aliphatic hydroxyl groups is 2. The van der Waals surface area contributed by atoms with Gasteiger partial charge in [-0.25, -0.2) is 0 Å². The summed E-state index contributed by atoms with van der Waals surface area (Å²) in [6.07, 6.45) is 64.3. The number of nitrogens with one attached hydrogen (secondary N) is 1. The van der Waals surface area contributed by atoms with Crippen molar-refractivity contribution in [2.75, 3.05) is 6.61 Å². The highest BCUT2D eigenvalue weighted by Gasteiger charge is 2.24. The van der Waals surface area contributed by atoms with Gasteiger partial charge in [-0.3, -0.25) is 9.59 Å². The van der Waals surface area contributed by atoms with Crippen LogP contribution in [0.15, 0.2) is 109 Å². The first-order chi connectivity index (χ1) is 30.0. The van der Waals surface area contributed by atoms with E-state index in [0.717, 1.165) is 83.5 Å². The second kappa shape index (κ2) is 47.6. The Morgan fingerprint density at radius 1 is 0.508 bits per heavy atom. The fourth-order valence-corrected chi connectivity index (χ4v) is 6.77. The maximum absolute atomic E-state index is 13.2. The molecule has 3 N–H and O–H groups in total. The van der Waals surface area contributed by atoms with Crippen LogP contribution in [-0.2, 0) is 14.3 Å². The molecule has 0 aliphatic heterocycles. The smallest absolute Gasteiger partial charge is 0.306 e. The fourth-order valence-electron chi connectivity index (χ4n) is 6.77. The van der Waals surface area contributed by atoms with Gasteiger partial charge in [-0.1, -0.05) is 220 Å². The molecule has 3 atom stereocenters. The van der Waals surface area contributed by atoms with Crippen LogP contribution >= 0.6 is 0 Å². The van der Waals surface area contributed by atoms with Gasteiger partial charge in [-0.05, 0) is 77.0 Å². The molecule has 6 nitrogen and oxygen atoms in total. The highest BCUT2D eigenvalue weighted by molar-refractivity contribution is 5.77. The van der Waals surface area contributed by atoms with Crippen molar-refractivity contribution in [3.8, 4) is 0 Å². The van der Waals surface area contributed by atoms with E-state index in [1.54, 1.807) is 0 Å². The lowest BCUT2D eigenvalue weighted by molar-refractivity contribution is -0.151. The van der Waals surface area contributed by atoms with E-state index >= 15 is 0 Å². The lowest BCUT2D eigenvalue weighted by atomic mass is 10.0. The topological polar surface area (TPSA) is 95.9 Å². The standard InChI is InChI=1S/C55H91NO5/c1-4-7-10-13-16-19-22-24-26-27-29-31-33-36-39-42-45-48-55(60)61-51(46-43-40-37-34-32-30-28-25-23-20-17-14-11-8-5-2)49-54(59)56-52(50-57)53(58)47-44-41-38-35-21-18-15-12-9-6-3/h8,11,14,16-17,19-20,23-26,28-32,34,37,51-53,57-58H,4-7,9-10,12-13,15,18,21-22,27,33,35-36,38-50H2,1-3H3,(H,56,59)/b11-8-,17-14+,19-16-,23-20+,26-24-,28-25-,31-29-,32-30+,37-34+. The van der Waals surface area contributed by atoms with Gasteiger partial charge in [0.25, 0.3) is 0 Å². The Hall–Kier alpha value is -3.48. The number of amides is 1. The zero-order chi connectivity index (χ0) is 44.5. The van der Waals surface area contributed by atoms with Gasteiger partial charge < -0.3 is 20.3 Å². The quantitative estimate of drug-likeness (QED) is 0.0246. The summed E-state index contributed by atoms with van der Waals surface area (Å²) in [5, 5.41) is 23.6. The van der Waals surface area contributed by atoms with Crippen molar-refractivity contribution in [2.24, 2.45) is 0 Å². The van der Waals surface area contributed by atoms with Crippen LogP contribution in [0.4, 0.5) is 0 Å². The van der Waals surface area contributed by atoms with Crippen LogP contribution in [-0.4, -0.2) is 46.9 Å². The van der Waals surface area contributed by atoms with E-state index in [2.05, 4.69) is 74.7 Å². The van der Waals surface area contributed by atoms with Gasteiger partial charge >= 0.3 is 5.97 Å². The number of carbonyl (C=O) groups excluding carboxylic acids is 2. The van der Waals surface area contributed by atoms with Gasteiger partial charge in [-0.15, -0.1) is 0 Å². The largest absolute Gasteiger partial charge is 0.462 e. The van der Waals surface area contributed by atoms with E-state index in [-0.39, 0.29) is 24.9 Å².